The molecule has 3 aromatic carbocycles. The van der Waals surface area contributed by atoms with Gasteiger partial charge in [0, 0.05) is 17.3 Å². The predicted molar refractivity (Wildman–Crippen MR) is 122 cm³/mol. The Balaban J connectivity index is 1.26. The molecule has 32 heavy (non-hydrogen) atoms. The maximum atomic E-state index is 12.6. The fourth-order valence-electron chi connectivity index (χ4n) is 3.91. The first-order valence-corrected chi connectivity index (χ1v) is 10.5. The molecule has 0 saturated heterocycles. The standard InChI is InChI=1S/C26H24N2O4/c1-18-15-22-9-5-6-10-23(22)28(18)24(29)17-32-25(30)16-27-26(31)21-13-11-20(12-14-21)19-7-3-2-4-8-19/h2-14,18H,15-17H2,1H3,(H,27,31). The third-order valence-electron chi connectivity index (χ3n) is 5.48. The second-order valence-corrected chi connectivity index (χ2v) is 7.73. The van der Waals surface area contributed by atoms with Crippen LogP contribution in [-0.2, 0) is 20.7 Å². The van der Waals surface area contributed by atoms with Gasteiger partial charge in [0.15, 0.2) is 6.61 Å². The van der Waals surface area contributed by atoms with Crippen LogP contribution in [0, 0.1) is 0 Å². The molecule has 3 aromatic rings. The number of ether oxygens (including phenoxy) is 1. The van der Waals surface area contributed by atoms with Crippen molar-refractivity contribution in [1.29, 1.82) is 0 Å². The molecule has 0 saturated carbocycles. The van der Waals surface area contributed by atoms with Gasteiger partial charge in [0.2, 0.25) is 0 Å². The normalized spacial score (nSPS) is 14.5. The monoisotopic (exact) mass is 428 g/mol. The summed E-state index contributed by atoms with van der Waals surface area (Å²) in [4.78, 5) is 38.6. The Hall–Kier alpha value is -3.93. The minimum atomic E-state index is -0.659. The van der Waals surface area contributed by atoms with Crippen LogP contribution in [0.25, 0.3) is 11.1 Å². The molecule has 0 aliphatic carbocycles. The van der Waals surface area contributed by atoms with Crippen molar-refractivity contribution in [3.8, 4) is 11.1 Å². The summed E-state index contributed by atoms with van der Waals surface area (Å²) in [6.07, 6.45) is 0.773. The van der Waals surface area contributed by atoms with Gasteiger partial charge in [-0.15, -0.1) is 0 Å². The highest BCUT2D eigenvalue weighted by atomic mass is 16.5. The smallest absolute Gasteiger partial charge is 0.325 e. The largest absolute Gasteiger partial charge is 0.454 e. The van der Waals surface area contributed by atoms with Gasteiger partial charge in [0.25, 0.3) is 11.8 Å². The molecule has 0 bridgehead atoms. The van der Waals surface area contributed by atoms with Crippen LogP contribution in [-0.4, -0.2) is 37.0 Å². The maximum Gasteiger partial charge on any atom is 0.325 e. The van der Waals surface area contributed by atoms with Crippen molar-refractivity contribution < 1.29 is 19.1 Å². The summed E-state index contributed by atoms with van der Waals surface area (Å²) < 4.78 is 5.10. The van der Waals surface area contributed by atoms with Crippen molar-refractivity contribution in [2.24, 2.45) is 0 Å². The number of hydrogen-bond donors (Lipinski definition) is 1. The summed E-state index contributed by atoms with van der Waals surface area (Å²) in [5.41, 5.74) is 4.45. The number of carbonyl (C=O) groups is 3. The van der Waals surface area contributed by atoms with Crippen LogP contribution in [0.1, 0.15) is 22.8 Å². The minimum Gasteiger partial charge on any atom is -0.454 e. The quantitative estimate of drug-likeness (QED) is 0.609. The van der Waals surface area contributed by atoms with Gasteiger partial charge >= 0.3 is 5.97 Å². The lowest BCUT2D eigenvalue weighted by Gasteiger charge is -2.22. The van der Waals surface area contributed by atoms with Gasteiger partial charge in [-0.3, -0.25) is 14.4 Å². The van der Waals surface area contributed by atoms with Gasteiger partial charge in [-0.25, -0.2) is 0 Å². The number of hydrogen-bond acceptors (Lipinski definition) is 4. The second kappa shape index (κ2) is 9.47. The molecule has 2 amide bonds. The molecule has 0 radical (unpaired) electrons. The molecule has 0 aromatic heterocycles. The van der Waals surface area contributed by atoms with E-state index in [1.807, 2.05) is 73.7 Å². The molecule has 1 heterocycles. The summed E-state index contributed by atoms with van der Waals surface area (Å²) in [7, 11) is 0. The highest BCUT2D eigenvalue weighted by Gasteiger charge is 2.30. The molecule has 1 N–H and O–H groups in total. The van der Waals surface area contributed by atoms with Crippen LogP contribution < -0.4 is 10.2 Å². The van der Waals surface area contributed by atoms with E-state index >= 15 is 0 Å². The number of anilines is 1. The Morgan fingerprint density at radius 2 is 1.56 bits per heavy atom. The molecule has 6 nitrogen and oxygen atoms in total. The Morgan fingerprint density at radius 1 is 0.906 bits per heavy atom. The van der Waals surface area contributed by atoms with Crippen molar-refractivity contribution in [2.75, 3.05) is 18.1 Å². The topological polar surface area (TPSA) is 75.7 Å². The Labute approximate surface area is 186 Å². The van der Waals surface area contributed by atoms with Gasteiger partial charge in [-0.05, 0) is 48.2 Å². The molecule has 1 aliphatic rings. The van der Waals surface area contributed by atoms with Gasteiger partial charge in [-0.1, -0.05) is 60.7 Å². The number of rotatable bonds is 6. The first kappa shape index (κ1) is 21.3. The number of benzene rings is 3. The van der Waals surface area contributed by atoms with Gasteiger partial charge < -0.3 is 15.0 Å². The number of esters is 1. The van der Waals surface area contributed by atoms with E-state index in [1.165, 1.54) is 0 Å². The number of nitrogens with one attached hydrogen (secondary N) is 1. The Morgan fingerprint density at radius 3 is 2.31 bits per heavy atom. The van der Waals surface area contributed by atoms with E-state index in [9.17, 15) is 14.4 Å². The molecule has 1 aliphatic heterocycles. The van der Waals surface area contributed by atoms with E-state index < -0.39 is 5.97 Å². The second-order valence-electron chi connectivity index (χ2n) is 7.73. The van der Waals surface area contributed by atoms with Crippen LogP contribution in [0.3, 0.4) is 0 Å². The van der Waals surface area contributed by atoms with Crippen molar-refractivity contribution in [3.05, 3.63) is 90.0 Å². The van der Waals surface area contributed by atoms with Crippen LogP contribution in [0.4, 0.5) is 5.69 Å². The predicted octanol–water partition coefficient (Wildman–Crippen LogP) is 3.60. The average Bonchev–Trinajstić information content (AvgIpc) is 3.17. The SMILES string of the molecule is CC1Cc2ccccc2N1C(=O)COC(=O)CNC(=O)c1ccc(-c2ccccc2)cc1. The highest BCUT2D eigenvalue weighted by molar-refractivity contribution is 5.99. The fourth-order valence-corrected chi connectivity index (χ4v) is 3.91. The number of fused-ring (bicyclic) bond motifs is 1. The molecule has 1 atom stereocenters. The van der Waals surface area contributed by atoms with Gasteiger partial charge in [-0.2, -0.15) is 0 Å². The molecular formula is C26H24N2O4. The van der Waals surface area contributed by atoms with Crippen LogP contribution in [0.5, 0.6) is 0 Å². The van der Waals surface area contributed by atoms with Crippen LogP contribution >= 0.6 is 0 Å². The third-order valence-corrected chi connectivity index (χ3v) is 5.48. The summed E-state index contributed by atoms with van der Waals surface area (Å²) in [6, 6.07) is 24.7. The summed E-state index contributed by atoms with van der Waals surface area (Å²) in [5, 5.41) is 2.54. The van der Waals surface area contributed by atoms with Crippen molar-refractivity contribution in [2.45, 2.75) is 19.4 Å². The lowest BCUT2D eigenvalue weighted by atomic mass is 10.0. The number of carbonyl (C=O) groups excluding carboxylic acids is 3. The molecule has 1 unspecified atom stereocenters. The minimum absolute atomic E-state index is 0.0113. The zero-order chi connectivity index (χ0) is 22.5. The van der Waals surface area contributed by atoms with E-state index in [4.69, 9.17) is 4.74 Å². The Kier molecular flexibility index (Phi) is 6.31. The number of para-hydroxylation sites is 1. The van der Waals surface area contributed by atoms with E-state index in [-0.39, 0.29) is 31.0 Å². The van der Waals surface area contributed by atoms with Gasteiger partial charge in [0.1, 0.15) is 6.54 Å². The van der Waals surface area contributed by atoms with Gasteiger partial charge in [0.05, 0.1) is 0 Å². The lowest BCUT2D eigenvalue weighted by Crippen LogP contribution is -2.39. The lowest BCUT2D eigenvalue weighted by molar-refractivity contribution is -0.146. The average molecular weight is 428 g/mol. The van der Waals surface area contributed by atoms with Crippen molar-refractivity contribution in [1.82, 2.24) is 5.32 Å². The molecular weight excluding hydrogens is 404 g/mol. The van der Waals surface area contributed by atoms with E-state index in [0.717, 1.165) is 28.8 Å². The summed E-state index contributed by atoms with van der Waals surface area (Å²) in [5.74, 6) is -1.32. The van der Waals surface area contributed by atoms with Crippen LogP contribution in [0.15, 0.2) is 78.9 Å². The number of amides is 2. The zero-order valence-electron chi connectivity index (χ0n) is 17.8. The van der Waals surface area contributed by atoms with E-state index in [2.05, 4.69) is 5.32 Å². The van der Waals surface area contributed by atoms with E-state index in [1.54, 1.807) is 17.0 Å². The third kappa shape index (κ3) is 4.70. The maximum absolute atomic E-state index is 12.6. The van der Waals surface area contributed by atoms with E-state index in [0.29, 0.717) is 5.56 Å². The molecule has 162 valence electrons. The molecule has 0 spiro atoms. The first-order chi connectivity index (χ1) is 15.5. The summed E-state index contributed by atoms with van der Waals surface area (Å²) >= 11 is 0. The summed E-state index contributed by atoms with van der Waals surface area (Å²) in [6.45, 7) is 1.29. The van der Waals surface area contributed by atoms with Crippen molar-refractivity contribution >= 4 is 23.5 Å². The zero-order valence-corrected chi connectivity index (χ0v) is 17.8. The fraction of sp³-hybridized carbons (Fsp3) is 0.192. The molecule has 4 rings (SSSR count). The van der Waals surface area contributed by atoms with Crippen LogP contribution in [0.2, 0.25) is 0 Å². The molecule has 0 fully saturated rings. The first-order valence-electron chi connectivity index (χ1n) is 10.5. The highest BCUT2D eigenvalue weighted by Crippen LogP contribution is 2.31. The van der Waals surface area contributed by atoms with Crippen molar-refractivity contribution in [3.63, 3.8) is 0 Å². The molecule has 6 heteroatoms. The Bertz CT molecular complexity index is 1130. The number of nitrogens with zero attached hydrogens (tertiary/aromatic N) is 1.